The first kappa shape index (κ1) is 11.3. The molecule has 0 aliphatic heterocycles. The molecule has 2 N–H and O–H groups in total. The summed E-state index contributed by atoms with van der Waals surface area (Å²) in [5.74, 6) is -0.860. The smallest absolute Gasteiger partial charge is 0.328 e. The summed E-state index contributed by atoms with van der Waals surface area (Å²) in [6.07, 6.45) is 2.50. The average Bonchev–Trinajstić information content (AvgIpc) is 2.19. The lowest BCUT2D eigenvalue weighted by atomic mass is 10.1. The minimum Gasteiger partial charge on any atom is -0.508 e. The second-order valence-corrected chi connectivity index (χ2v) is 2.99. The van der Waals surface area contributed by atoms with Crippen LogP contribution < -0.4 is 0 Å². The molecule has 0 aliphatic carbocycles. The normalized spacial score (nSPS) is 10.7. The monoisotopic (exact) mass is 208 g/mol. The van der Waals surface area contributed by atoms with Gasteiger partial charge in [-0.15, -0.1) is 0 Å². The number of phenolic OH excluding ortho intramolecular Hbond substituents is 1. The Hall–Kier alpha value is -1.81. The quantitative estimate of drug-likeness (QED) is 0.738. The fourth-order valence-electron chi connectivity index (χ4n) is 1.15. The number of carbonyl (C=O) groups is 1. The molecule has 1 aromatic carbocycles. The van der Waals surface area contributed by atoms with Gasteiger partial charge in [0.25, 0.3) is 0 Å². The Balaban J connectivity index is 2.91. The summed E-state index contributed by atoms with van der Waals surface area (Å²) in [4.78, 5) is 10.3. The SMILES string of the molecule is COCc1cc(/C=C/C(=O)O)ccc1O. The van der Waals surface area contributed by atoms with E-state index >= 15 is 0 Å². The van der Waals surface area contributed by atoms with Crippen LogP contribution in [-0.2, 0) is 16.1 Å². The topological polar surface area (TPSA) is 66.8 Å². The largest absolute Gasteiger partial charge is 0.508 e. The van der Waals surface area contributed by atoms with Crippen LogP contribution in [0, 0.1) is 0 Å². The van der Waals surface area contributed by atoms with Crippen molar-refractivity contribution in [2.45, 2.75) is 6.61 Å². The maximum atomic E-state index is 10.3. The molecule has 0 amide bonds. The van der Waals surface area contributed by atoms with Crippen molar-refractivity contribution in [2.75, 3.05) is 7.11 Å². The van der Waals surface area contributed by atoms with Crippen LogP contribution in [0.5, 0.6) is 5.75 Å². The van der Waals surface area contributed by atoms with Gasteiger partial charge in [-0.1, -0.05) is 6.07 Å². The van der Waals surface area contributed by atoms with E-state index < -0.39 is 5.97 Å². The van der Waals surface area contributed by atoms with E-state index in [2.05, 4.69) is 0 Å². The highest BCUT2D eigenvalue weighted by Gasteiger charge is 2.00. The van der Waals surface area contributed by atoms with Gasteiger partial charge in [0.05, 0.1) is 6.61 Å². The standard InChI is InChI=1S/C11H12O4/c1-15-7-9-6-8(2-4-10(9)12)3-5-11(13)14/h2-6,12H,7H2,1H3,(H,13,14)/b5-3+. The maximum Gasteiger partial charge on any atom is 0.328 e. The predicted octanol–water partition coefficient (Wildman–Crippen LogP) is 1.64. The summed E-state index contributed by atoms with van der Waals surface area (Å²) in [5, 5.41) is 17.9. The van der Waals surface area contributed by atoms with Gasteiger partial charge in [-0.3, -0.25) is 0 Å². The van der Waals surface area contributed by atoms with Crippen LogP contribution in [0.1, 0.15) is 11.1 Å². The number of carboxylic acid groups (broad SMARTS) is 1. The van der Waals surface area contributed by atoms with Crippen LogP contribution >= 0.6 is 0 Å². The van der Waals surface area contributed by atoms with Gasteiger partial charge in [0.1, 0.15) is 5.75 Å². The summed E-state index contributed by atoms with van der Waals surface area (Å²) >= 11 is 0. The number of benzene rings is 1. The molecule has 0 radical (unpaired) electrons. The Morgan fingerprint density at radius 2 is 2.27 bits per heavy atom. The van der Waals surface area contributed by atoms with Crippen LogP contribution in [-0.4, -0.2) is 23.3 Å². The molecule has 80 valence electrons. The number of aliphatic carboxylic acids is 1. The number of ether oxygens (including phenoxy) is 1. The number of hydrogen-bond acceptors (Lipinski definition) is 3. The molecule has 0 fully saturated rings. The highest BCUT2D eigenvalue weighted by Crippen LogP contribution is 2.19. The van der Waals surface area contributed by atoms with Gasteiger partial charge < -0.3 is 14.9 Å². The third-order valence-corrected chi connectivity index (χ3v) is 1.82. The molecule has 0 spiro atoms. The van der Waals surface area contributed by atoms with Crippen LogP contribution in [0.15, 0.2) is 24.3 Å². The summed E-state index contributed by atoms with van der Waals surface area (Å²) in [7, 11) is 1.53. The first-order valence-electron chi connectivity index (χ1n) is 4.35. The lowest BCUT2D eigenvalue weighted by Gasteiger charge is -2.04. The number of carboxylic acids is 1. The summed E-state index contributed by atoms with van der Waals surface area (Å²) in [6.45, 7) is 0.292. The number of aromatic hydroxyl groups is 1. The van der Waals surface area contributed by atoms with Gasteiger partial charge in [-0.05, 0) is 23.8 Å². The minimum absolute atomic E-state index is 0.143. The molecule has 0 saturated heterocycles. The lowest BCUT2D eigenvalue weighted by molar-refractivity contribution is -0.131. The van der Waals surface area contributed by atoms with Gasteiger partial charge in [0.2, 0.25) is 0 Å². The van der Waals surface area contributed by atoms with Crippen molar-refractivity contribution >= 4 is 12.0 Å². The zero-order valence-corrected chi connectivity index (χ0v) is 8.30. The molecule has 0 saturated carbocycles. The molecule has 1 aromatic rings. The molecular weight excluding hydrogens is 196 g/mol. The third kappa shape index (κ3) is 3.44. The van der Waals surface area contributed by atoms with Crippen molar-refractivity contribution in [1.82, 2.24) is 0 Å². The molecule has 4 heteroatoms. The number of hydrogen-bond donors (Lipinski definition) is 2. The van der Waals surface area contributed by atoms with E-state index in [1.165, 1.54) is 19.3 Å². The highest BCUT2D eigenvalue weighted by molar-refractivity contribution is 5.85. The van der Waals surface area contributed by atoms with Crippen LogP contribution in [0.2, 0.25) is 0 Å². The molecule has 1 rings (SSSR count). The van der Waals surface area contributed by atoms with E-state index in [1.807, 2.05) is 0 Å². The molecule has 0 aromatic heterocycles. The van der Waals surface area contributed by atoms with Crippen LogP contribution in [0.25, 0.3) is 6.08 Å². The Kier molecular flexibility index (Phi) is 3.88. The van der Waals surface area contributed by atoms with E-state index in [9.17, 15) is 9.90 Å². The maximum absolute atomic E-state index is 10.3. The Labute approximate surface area is 87.4 Å². The van der Waals surface area contributed by atoms with Crippen LogP contribution in [0.4, 0.5) is 0 Å². The molecule has 0 unspecified atom stereocenters. The Bertz CT molecular complexity index is 382. The molecule has 15 heavy (non-hydrogen) atoms. The van der Waals surface area contributed by atoms with Crippen molar-refractivity contribution in [1.29, 1.82) is 0 Å². The predicted molar refractivity (Wildman–Crippen MR) is 55.5 cm³/mol. The summed E-state index contributed by atoms with van der Waals surface area (Å²) < 4.78 is 4.89. The van der Waals surface area contributed by atoms with E-state index in [0.717, 1.165) is 6.08 Å². The van der Waals surface area contributed by atoms with Crippen molar-refractivity contribution in [3.63, 3.8) is 0 Å². The first-order chi connectivity index (χ1) is 7.13. The van der Waals surface area contributed by atoms with Crippen molar-refractivity contribution in [3.05, 3.63) is 35.4 Å². The minimum atomic E-state index is -1.00. The summed E-state index contributed by atoms with van der Waals surface area (Å²) in [6, 6.07) is 4.82. The summed E-state index contributed by atoms with van der Waals surface area (Å²) in [5.41, 5.74) is 1.34. The second kappa shape index (κ2) is 5.17. The van der Waals surface area contributed by atoms with Gasteiger partial charge in [-0.25, -0.2) is 4.79 Å². The van der Waals surface area contributed by atoms with Gasteiger partial charge in [0, 0.05) is 18.7 Å². The van der Waals surface area contributed by atoms with E-state index in [0.29, 0.717) is 17.7 Å². The fourth-order valence-corrected chi connectivity index (χ4v) is 1.15. The van der Waals surface area contributed by atoms with E-state index in [1.54, 1.807) is 12.1 Å². The van der Waals surface area contributed by atoms with Crippen molar-refractivity contribution in [2.24, 2.45) is 0 Å². The lowest BCUT2D eigenvalue weighted by Crippen LogP contribution is -1.90. The Morgan fingerprint density at radius 1 is 1.53 bits per heavy atom. The van der Waals surface area contributed by atoms with Gasteiger partial charge >= 0.3 is 5.97 Å². The van der Waals surface area contributed by atoms with Gasteiger partial charge in [0.15, 0.2) is 0 Å². The number of methoxy groups -OCH3 is 1. The number of rotatable bonds is 4. The van der Waals surface area contributed by atoms with Crippen molar-refractivity contribution < 1.29 is 19.7 Å². The first-order valence-corrected chi connectivity index (χ1v) is 4.35. The zero-order valence-electron chi connectivity index (χ0n) is 8.30. The number of phenols is 1. The van der Waals surface area contributed by atoms with Crippen LogP contribution in [0.3, 0.4) is 0 Å². The zero-order chi connectivity index (χ0) is 11.3. The molecule has 0 atom stereocenters. The highest BCUT2D eigenvalue weighted by atomic mass is 16.5. The van der Waals surface area contributed by atoms with Gasteiger partial charge in [-0.2, -0.15) is 0 Å². The van der Waals surface area contributed by atoms with E-state index in [-0.39, 0.29) is 5.75 Å². The molecule has 0 bridgehead atoms. The van der Waals surface area contributed by atoms with Crippen molar-refractivity contribution in [3.8, 4) is 5.75 Å². The van der Waals surface area contributed by atoms with E-state index in [4.69, 9.17) is 9.84 Å². The molecule has 4 nitrogen and oxygen atoms in total. The molecule has 0 heterocycles. The fraction of sp³-hybridized carbons (Fsp3) is 0.182. The molecular formula is C11H12O4. The Morgan fingerprint density at radius 3 is 2.87 bits per heavy atom. The average molecular weight is 208 g/mol. The molecule has 0 aliphatic rings. The third-order valence-electron chi connectivity index (χ3n) is 1.82. The second-order valence-electron chi connectivity index (χ2n) is 2.99.